The Morgan fingerprint density at radius 3 is 2.54 bits per heavy atom. The molecule has 0 N–H and O–H groups in total. The van der Waals surface area contributed by atoms with Crippen molar-refractivity contribution >= 4 is 45.1 Å². The van der Waals surface area contributed by atoms with Crippen LogP contribution in [0, 0.1) is 0 Å². The Kier molecular flexibility index (Phi) is 5.65. The zero-order valence-corrected chi connectivity index (χ0v) is 15.6. The summed E-state index contributed by atoms with van der Waals surface area (Å²) in [6.45, 7) is 0. The maximum absolute atomic E-state index is 12.2. The van der Waals surface area contributed by atoms with Crippen LogP contribution in [0.2, 0.25) is 5.02 Å². The van der Waals surface area contributed by atoms with Gasteiger partial charge in [-0.15, -0.1) is 5.10 Å². The van der Waals surface area contributed by atoms with E-state index in [1.165, 1.54) is 11.8 Å². The lowest BCUT2D eigenvalue weighted by molar-refractivity contribution is 0.0989. The van der Waals surface area contributed by atoms with Gasteiger partial charge in [0.25, 0.3) is 0 Å². The van der Waals surface area contributed by atoms with E-state index in [1.54, 1.807) is 16.8 Å². The number of thioether (sulfide) groups is 1. The fourth-order valence-corrected chi connectivity index (χ4v) is 3.25. The van der Waals surface area contributed by atoms with E-state index in [4.69, 9.17) is 11.6 Å². The third kappa shape index (κ3) is 4.23. The van der Waals surface area contributed by atoms with Crippen molar-refractivity contribution in [1.82, 2.24) is 20.2 Å². The number of halogens is 2. The first-order chi connectivity index (χ1) is 11.6. The summed E-state index contributed by atoms with van der Waals surface area (Å²) < 4.78 is 2.58. The number of carbonyl (C=O) groups is 1. The molecule has 122 valence electrons. The van der Waals surface area contributed by atoms with E-state index in [0.717, 1.165) is 10.2 Å². The van der Waals surface area contributed by atoms with E-state index < -0.39 is 0 Å². The number of benzene rings is 2. The second kappa shape index (κ2) is 7.92. The normalized spacial score (nSPS) is 10.8. The summed E-state index contributed by atoms with van der Waals surface area (Å²) in [5.74, 6) is 0.698. The molecule has 0 atom stereocenters. The molecule has 2 aromatic carbocycles. The molecule has 1 aromatic heterocycles. The van der Waals surface area contributed by atoms with E-state index in [1.807, 2.05) is 36.4 Å². The van der Waals surface area contributed by atoms with Crippen molar-refractivity contribution < 1.29 is 4.79 Å². The Morgan fingerprint density at radius 2 is 1.83 bits per heavy atom. The van der Waals surface area contributed by atoms with Crippen LogP contribution in [0.3, 0.4) is 0 Å². The quantitative estimate of drug-likeness (QED) is 0.433. The SMILES string of the molecule is O=C(CCSc1nnnn1-c1ccc(Cl)cc1)c1ccc(Br)cc1. The molecular weight excluding hydrogens is 412 g/mol. The summed E-state index contributed by atoms with van der Waals surface area (Å²) in [4.78, 5) is 12.2. The van der Waals surface area contributed by atoms with Gasteiger partial charge >= 0.3 is 0 Å². The predicted octanol–water partition coefficient (Wildman–Crippen LogP) is 4.44. The van der Waals surface area contributed by atoms with E-state index in [2.05, 4.69) is 31.5 Å². The molecule has 0 fully saturated rings. The van der Waals surface area contributed by atoms with Gasteiger partial charge in [0.1, 0.15) is 0 Å². The summed E-state index contributed by atoms with van der Waals surface area (Å²) in [5.41, 5.74) is 1.53. The number of rotatable bonds is 6. The summed E-state index contributed by atoms with van der Waals surface area (Å²) in [6.07, 6.45) is 0.416. The van der Waals surface area contributed by atoms with Crippen LogP contribution in [-0.2, 0) is 0 Å². The molecule has 0 aliphatic rings. The first-order valence-electron chi connectivity index (χ1n) is 7.09. The second-order valence-electron chi connectivity index (χ2n) is 4.88. The van der Waals surface area contributed by atoms with Crippen LogP contribution in [0.25, 0.3) is 5.69 Å². The third-order valence-corrected chi connectivity index (χ3v) is 4.94. The highest BCUT2D eigenvalue weighted by Gasteiger charge is 2.11. The van der Waals surface area contributed by atoms with Crippen molar-refractivity contribution in [3.8, 4) is 5.69 Å². The minimum absolute atomic E-state index is 0.0977. The Balaban J connectivity index is 1.61. The van der Waals surface area contributed by atoms with Crippen molar-refractivity contribution in [2.45, 2.75) is 11.6 Å². The molecule has 0 unspecified atom stereocenters. The van der Waals surface area contributed by atoms with Gasteiger partial charge in [-0.2, -0.15) is 4.68 Å². The number of hydrogen-bond donors (Lipinski definition) is 0. The third-order valence-electron chi connectivity index (χ3n) is 3.24. The van der Waals surface area contributed by atoms with Crippen LogP contribution in [-0.4, -0.2) is 31.7 Å². The topological polar surface area (TPSA) is 60.7 Å². The monoisotopic (exact) mass is 422 g/mol. The highest BCUT2D eigenvalue weighted by Crippen LogP contribution is 2.21. The zero-order chi connectivity index (χ0) is 16.9. The molecule has 5 nitrogen and oxygen atoms in total. The first kappa shape index (κ1) is 17.1. The number of carbonyl (C=O) groups excluding carboxylic acids is 1. The number of aromatic nitrogens is 4. The molecule has 0 spiro atoms. The Labute approximate surface area is 156 Å². The average molecular weight is 424 g/mol. The molecule has 0 aliphatic carbocycles. The van der Waals surface area contributed by atoms with Crippen LogP contribution < -0.4 is 0 Å². The Hall–Kier alpha value is -1.70. The van der Waals surface area contributed by atoms with Crippen LogP contribution in [0.1, 0.15) is 16.8 Å². The van der Waals surface area contributed by atoms with Gasteiger partial charge in [-0.3, -0.25) is 4.79 Å². The van der Waals surface area contributed by atoms with Crippen LogP contribution in [0.15, 0.2) is 58.2 Å². The smallest absolute Gasteiger partial charge is 0.214 e. The lowest BCUT2D eigenvalue weighted by Gasteiger charge is -2.04. The predicted molar refractivity (Wildman–Crippen MR) is 98.0 cm³/mol. The fourth-order valence-electron chi connectivity index (χ4n) is 2.03. The second-order valence-corrected chi connectivity index (χ2v) is 7.29. The molecule has 3 aromatic rings. The molecule has 3 rings (SSSR count). The summed E-state index contributed by atoms with van der Waals surface area (Å²) >= 11 is 10.7. The van der Waals surface area contributed by atoms with Crippen LogP contribution >= 0.6 is 39.3 Å². The molecular formula is C16H12BrClN4OS. The van der Waals surface area contributed by atoms with Gasteiger partial charge in [0, 0.05) is 27.2 Å². The molecule has 8 heteroatoms. The molecule has 0 saturated carbocycles. The van der Waals surface area contributed by atoms with E-state index in [9.17, 15) is 4.79 Å². The highest BCUT2D eigenvalue weighted by atomic mass is 79.9. The Morgan fingerprint density at radius 1 is 1.12 bits per heavy atom. The van der Waals surface area contributed by atoms with E-state index >= 15 is 0 Å². The van der Waals surface area contributed by atoms with Gasteiger partial charge in [-0.05, 0) is 46.8 Å². The molecule has 24 heavy (non-hydrogen) atoms. The number of nitrogens with zero attached hydrogens (tertiary/aromatic N) is 4. The zero-order valence-electron chi connectivity index (χ0n) is 12.4. The molecule has 0 aliphatic heterocycles. The first-order valence-corrected chi connectivity index (χ1v) is 9.25. The minimum Gasteiger partial charge on any atom is -0.294 e. The van der Waals surface area contributed by atoms with Gasteiger partial charge in [0.2, 0.25) is 5.16 Å². The molecule has 1 heterocycles. The fraction of sp³-hybridized carbons (Fsp3) is 0.125. The number of hydrogen-bond acceptors (Lipinski definition) is 5. The maximum Gasteiger partial charge on any atom is 0.214 e. The maximum atomic E-state index is 12.2. The lowest BCUT2D eigenvalue weighted by atomic mass is 10.1. The van der Waals surface area contributed by atoms with Crippen molar-refractivity contribution in [2.24, 2.45) is 0 Å². The molecule has 0 amide bonds. The number of ketones is 1. The van der Waals surface area contributed by atoms with Crippen molar-refractivity contribution in [2.75, 3.05) is 5.75 Å². The van der Waals surface area contributed by atoms with E-state index in [0.29, 0.717) is 27.9 Å². The average Bonchev–Trinajstić information content (AvgIpc) is 3.04. The minimum atomic E-state index is 0.0977. The van der Waals surface area contributed by atoms with Gasteiger partial charge in [0.15, 0.2) is 5.78 Å². The van der Waals surface area contributed by atoms with Crippen molar-refractivity contribution in [3.63, 3.8) is 0 Å². The lowest BCUT2D eigenvalue weighted by Crippen LogP contribution is -2.02. The summed E-state index contributed by atoms with van der Waals surface area (Å²) in [7, 11) is 0. The highest BCUT2D eigenvalue weighted by molar-refractivity contribution is 9.10. The largest absolute Gasteiger partial charge is 0.294 e. The summed E-state index contributed by atoms with van der Waals surface area (Å²) in [5, 5.41) is 13.0. The number of tetrazole rings is 1. The van der Waals surface area contributed by atoms with Gasteiger partial charge in [-0.1, -0.05) is 51.4 Å². The summed E-state index contributed by atoms with van der Waals surface area (Å²) in [6, 6.07) is 14.6. The van der Waals surface area contributed by atoms with Gasteiger partial charge in [-0.25, -0.2) is 0 Å². The van der Waals surface area contributed by atoms with Gasteiger partial charge < -0.3 is 0 Å². The van der Waals surface area contributed by atoms with Crippen molar-refractivity contribution in [3.05, 3.63) is 63.6 Å². The molecule has 0 radical (unpaired) electrons. The molecule has 0 saturated heterocycles. The molecule has 0 bridgehead atoms. The van der Waals surface area contributed by atoms with Crippen LogP contribution in [0.4, 0.5) is 0 Å². The standard InChI is InChI=1S/C16H12BrClN4OS/c17-12-3-1-11(2-4-12)15(23)9-10-24-16-19-20-21-22(16)14-7-5-13(18)6-8-14/h1-8H,9-10H2. The van der Waals surface area contributed by atoms with Gasteiger partial charge in [0.05, 0.1) is 5.69 Å². The van der Waals surface area contributed by atoms with Crippen LogP contribution in [0.5, 0.6) is 0 Å². The van der Waals surface area contributed by atoms with E-state index in [-0.39, 0.29) is 5.78 Å². The Bertz CT molecular complexity index is 836. The number of Topliss-reactive ketones (excluding diaryl/α,β-unsaturated/α-hetero) is 1. The van der Waals surface area contributed by atoms with Crippen molar-refractivity contribution in [1.29, 1.82) is 0 Å².